The second kappa shape index (κ2) is 6.44. The van der Waals surface area contributed by atoms with Gasteiger partial charge in [-0.1, -0.05) is 31.9 Å². The molecule has 0 spiro atoms. The van der Waals surface area contributed by atoms with Crippen LogP contribution in [0, 0.1) is 0 Å². The van der Waals surface area contributed by atoms with Crippen LogP contribution in [0.1, 0.15) is 26.2 Å². The van der Waals surface area contributed by atoms with Gasteiger partial charge in [0.1, 0.15) is 11.6 Å². The van der Waals surface area contributed by atoms with Gasteiger partial charge in [-0.15, -0.1) is 0 Å². The maximum absolute atomic E-state index is 5.73. The normalized spacial score (nSPS) is 10.9. The van der Waals surface area contributed by atoms with E-state index in [2.05, 4.69) is 16.9 Å². The van der Waals surface area contributed by atoms with Gasteiger partial charge in [-0.05, 0) is 42.8 Å². The van der Waals surface area contributed by atoms with Crippen LogP contribution in [0.2, 0.25) is 0 Å². The molecule has 1 heterocycles. The number of aromatic amines is 1. The smallest absolute Gasteiger partial charge is 0.138 e. The first kappa shape index (κ1) is 13.7. The Kier molecular flexibility index (Phi) is 4.20. The number of aromatic nitrogens is 2. The van der Waals surface area contributed by atoms with Crippen LogP contribution in [0.3, 0.4) is 0 Å². The summed E-state index contributed by atoms with van der Waals surface area (Å²) in [6.45, 7) is 2.99. The predicted molar refractivity (Wildman–Crippen MR) is 86.5 cm³/mol. The summed E-state index contributed by atoms with van der Waals surface area (Å²) in [5.74, 6) is 1.82. The maximum Gasteiger partial charge on any atom is 0.138 e. The molecule has 0 bridgehead atoms. The molecule has 0 aliphatic carbocycles. The van der Waals surface area contributed by atoms with Crippen LogP contribution in [0.5, 0.6) is 5.75 Å². The van der Waals surface area contributed by atoms with E-state index in [1.54, 1.807) is 0 Å². The van der Waals surface area contributed by atoms with E-state index >= 15 is 0 Å². The van der Waals surface area contributed by atoms with E-state index in [1.807, 2.05) is 48.5 Å². The van der Waals surface area contributed by atoms with E-state index in [1.165, 1.54) is 12.8 Å². The third-order valence-corrected chi connectivity index (χ3v) is 3.53. The largest absolute Gasteiger partial charge is 0.494 e. The molecule has 3 nitrogen and oxygen atoms in total. The summed E-state index contributed by atoms with van der Waals surface area (Å²) in [5, 5.41) is 0. The Balaban J connectivity index is 1.71. The topological polar surface area (TPSA) is 37.9 Å². The van der Waals surface area contributed by atoms with Crippen molar-refractivity contribution in [2.45, 2.75) is 26.2 Å². The molecular weight excluding hydrogens is 260 g/mol. The lowest BCUT2D eigenvalue weighted by Crippen LogP contribution is -1.96. The minimum Gasteiger partial charge on any atom is -0.494 e. The van der Waals surface area contributed by atoms with Gasteiger partial charge < -0.3 is 9.72 Å². The van der Waals surface area contributed by atoms with Crippen molar-refractivity contribution >= 4 is 11.0 Å². The molecule has 0 fully saturated rings. The van der Waals surface area contributed by atoms with Crippen molar-refractivity contribution in [1.29, 1.82) is 0 Å². The predicted octanol–water partition coefficient (Wildman–Crippen LogP) is 4.80. The molecule has 0 saturated carbocycles. The van der Waals surface area contributed by atoms with Gasteiger partial charge in [0, 0.05) is 5.56 Å². The minimum atomic E-state index is 0.790. The fourth-order valence-electron chi connectivity index (χ4n) is 2.34. The average molecular weight is 280 g/mol. The first-order chi connectivity index (χ1) is 10.4. The van der Waals surface area contributed by atoms with Gasteiger partial charge in [-0.25, -0.2) is 4.98 Å². The Morgan fingerprint density at radius 3 is 2.57 bits per heavy atom. The zero-order valence-electron chi connectivity index (χ0n) is 12.3. The van der Waals surface area contributed by atoms with Gasteiger partial charge in [0.25, 0.3) is 0 Å². The van der Waals surface area contributed by atoms with Crippen LogP contribution in [0.15, 0.2) is 48.5 Å². The van der Waals surface area contributed by atoms with E-state index in [0.717, 1.165) is 41.2 Å². The van der Waals surface area contributed by atoms with Crippen LogP contribution in [0.25, 0.3) is 22.4 Å². The summed E-state index contributed by atoms with van der Waals surface area (Å²) >= 11 is 0. The van der Waals surface area contributed by atoms with Gasteiger partial charge in [0.05, 0.1) is 17.6 Å². The van der Waals surface area contributed by atoms with E-state index < -0.39 is 0 Å². The molecule has 0 unspecified atom stereocenters. The number of unbranched alkanes of at least 4 members (excludes halogenated alkanes) is 2. The van der Waals surface area contributed by atoms with Gasteiger partial charge in [-0.3, -0.25) is 0 Å². The zero-order valence-corrected chi connectivity index (χ0v) is 12.3. The van der Waals surface area contributed by atoms with E-state index in [9.17, 15) is 0 Å². The van der Waals surface area contributed by atoms with Crippen molar-refractivity contribution in [1.82, 2.24) is 9.97 Å². The molecule has 0 saturated heterocycles. The molecule has 0 aliphatic rings. The molecule has 0 atom stereocenters. The van der Waals surface area contributed by atoms with Gasteiger partial charge in [0.2, 0.25) is 0 Å². The zero-order chi connectivity index (χ0) is 14.5. The highest BCUT2D eigenvalue weighted by molar-refractivity contribution is 5.79. The number of rotatable bonds is 6. The summed E-state index contributed by atoms with van der Waals surface area (Å²) < 4.78 is 5.73. The minimum absolute atomic E-state index is 0.790. The average Bonchev–Trinajstić information content (AvgIpc) is 2.96. The second-order valence-corrected chi connectivity index (χ2v) is 5.18. The number of hydrogen-bond donors (Lipinski definition) is 1. The molecule has 1 aromatic heterocycles. The molecular formula is C18H20N2O. The highest BCUT2D eigenvalue weighted by Crippen LogP contribution is 2.22. The SMILES string of the molecule is CCCCCOc1ccc(-c2nc3ccccc3[nH]2)cc1. The van der Waals surface area contributed by atoms with Crippen molar-refractivity contribution in [3.8, 4) is 17.1 Å². The van der Waals surface area contributed by atoms with Gasteiger partial charge in [-0.2, -0.15) is 0 Å². The number of fused-ring (bicyclic) bond motifs is 1. The lowest BCUT2D eigenvalue weighted by Gasteiger charge is -2.06. The first-order valence-electron chi connectivity index (χ1n) is 7.55. The molecule has 2 aromatic carbocycles. The number of para-hydroxylation sites is 2. The highest BCUT2D eigenvalue weighted by Gasteiger charge is 2.04. The van der Waals surface area contributed by atoms with Gasteiger partial charge in [0.15, 0.2) is 0 Å². The lowest BCUT2D eigenvalue weighted by atomic mass is 10.2. The number of nitrogens with zero attached hydrogens (tertiary/aromatic N) is 1. The van der Waals surface area contributed by atoms with E-state index in [0.29, 0.717) is 0 Å². The van der Waals surface area contributed by atoms with Crippen molar-refractivity contribution in [3.63, 3.8) is 0 Å². The highest BCUT2D eigenvalue weighted by atomic mass is 16.5. The van der Waals surface area contributed by atoms with Crippen LogP contribution in [0.4, 0.5) is 0 Å². The quantitative estimate of drug-likeness (QED) is 0.659. The van der Waals surface area contributed by atoms with Crippen LogP contribution < -0.4 is 4.74 Å². The molecule has 3 rings (SSSR count). The maximum atomic E-state index is 5.73. The van der Waals surface area contributed by atoms with Crippen LogP contribution in [-0.2, 0) is 0 Å². The Hall–Kier alpha value is -2.29. The summed E-state index contributed by atoms with van der Waals surface area (Å²) in [5.41, 5.74) is 3.13. The molecule has 1 N–H and O–H groups in total. The number of benzene rings is 2. The molecule has 0 aliphatic heterocycles. The molecule has 3 aromatic rings. The molecule has 21 heavy (non-hydrogen) atoms. The molecule has 0 radical (unpaired) electrons. The Labute approximate surface area is 125 Å². The van der Waals surface area contributed by atoms with Crippen LogP contribution >= 0.6 is 0 Å². The fraction of sp³-hybridized carbons (Fsp3) is 0.278. The van der Waals surface area contributed by atoms with E-state index in [4.69, 9.17) is 4.74 Å². The Morgan fingerprint density at radius 1 is 1.00 bits per heavy atom. The summed E-state index contributed by atoms with van der Waals surface area (Å²) in [4.78, 5) is 7.94. The third kappa shape index (κ3) is 3.24. The fourth-order valence-corrected chi connectivity index (χ4v) is 2.34. The van der Waals surface area contributed by atoms with Crippen molar-refractivity contribution in [2.75, 3.05) is 6.61 Å². The standard InChI is InChI=1S/C18H20N2O/c1-2-3-6-13-21-15-11-9-14(10-12-15)18-19-16-7-4-5-8-17(16)20-18/h4-5,7-12H,2-3,6,13H2,1H3,(H,19,20). The number of hydrogen-bond acceptors (Lipinski definition) is 2. The van der Waals surface area contributed by atoms with Crippen LogP contribution in [-0.4, -0.2) is 16.6 Å². The van der Waals surface area contributed by atoms with Gasteiger partial charge >= 0.3 is 0 Å². The summed E-state index contributed by atoms with van der Waals surface area (Å²) in [6.07, 6.45) is 3.55. The Morgan fingerprint density at radius 2 is 1.81 bits per heavy atom. The number of nitrogens with one attached hydrogen (secondary N) is 1. The number of imidazole rings is 1. The lowest BCUT2D eigenvalue weighted by molar-refractivity contribution is 0.306. The number of H-pyrrole nitrogens is 1. The van der Waals surface area contributed by atoms with Crippen molar-refractivity contribution in [3.05, 3.63) is 48.5 Å². The monoisotopic (exact) mass is 280 g/mol. The molecule has 0 amide bonds. The second-order valence-electron chi connectivity index (χ2n) is 5.18. The van der Waals surface area contributed by atoms with Crippen molar-refractivity contribution < 1.29 is 4.74 Å². The Bertz CT molecular complexity index is 668. The molecule has 108 valence electrons. The molecule has 3 heteroatoms. The van der Waals surface area contributed by atoms with E-state index in [-0.39, 0.29) is 0 Å². The first-order valence-corrected chi connectivity index (χ1v) is 7.55. The van der Waals surface area contributed by atoms with Crippen molar-refractivity contribution in [2.24, 2.45) is 0 Å². The number of ether oxygens (including phenoxy) is 1. The summed E-state index contributed by atoms with van der Waals surface area (Å²) in [7, 11) is 0. The summed E-state index contributed by atoms with van der Waals surface area (Å²) in [6, 6.07) is 16.2. The third-order valence-electron chi connectivity index (χ3n) is 3.53.